The Morgan fingerprint density at radius 1 is 1.00 bits per heavy atom. The molecule has 1 aliphatic heterocycles. The van der Waals surface area contributed by atoms with Crippen molar-refractivity contribution in [3.63, 3.8) is 0 Å². The van der Waals surface area contributed by atoms with E-state index >= 15 is 0 Å². The van der Waals surface area contributed by atoms with Crippen molar-refractivity contribution in [3.05, 3.63) is 65.5 Å². The number of benzene rings is 1. The number of aryl methyl sites for hydroxylation is 1. The maximum atomic E-state index is 13.4. The normalized spacial score (nSPS) is 16.5. The van der Waals surface area contributed by atoms with Gasteiger partial charge in [0, 0.05) is 38.6 Å². The Morgan fingerprint density at radius 2 is 1.73 bits per heavy atom. The second-order valence-corrected chi connectivity index (χ2v) is 8.81. The van der Waals surface area contributed by atoms with Crippen molar-refractivity contribution in [2.75, 3.05) is 13.1 Å². The van der Waals surface area contributed by atoms with E-state index in [0.717, 1.165) is 42.4 Å². The molecule has 140 valence electrons. The Balaban J connectivity index is 1.89. The maximum Gasteiger partial charge on any atom is 0.282 e. The third kappa shape index (κ3) is 4.69. The van der Waals surface area contributed by atoms with Gasteiger partial charge in [-0.15, -0.1) is 0 Å². The van der Waals surface area contributed by atoms with Gasteiger partial charge in [-0.25, -0.2) is 0 Å². The van der Waals surface area contributed by atoms with Gasteiger partial charge in [0.1, 0.15) is 0 Å². The molecule has 0 N–H and O–H groups in total. The molecule has 26 heavy (non-hydrogen) atoms. The number of hydrogen-bond donors (Lipinski definition) is 0. The van der Waals surface area contributed by atoms with Crippen molar-refractivity contribution in [1.82, 2.24) is 13.6 Å². The van der Waals surface area contributed by atoms with E-state index in [1.54, 1.807) is 21.0 Å². The first-order valence-electron chi connectivity index (χ1n) is 9.26. The predicted octanol–water partition coefficient (Wildman–Crippen LogP) is 3.51. The Morgan fingerprint density at radius 3 is 2.38 bits per heavy atom. The number of hydrogen-bond acceptors (Lipinski definition) is 3. The van der Waals surface area contributed by atoms with Crippen LogP contribution < -0.4 is 0 Å². The van der Waals surface area contributed by atoms with Crippen molar-refractivity contribution in [2.24, 2.45) is 0 Å². The van der Waals surface area contributed by atoms with Crippen LogP contribution in [0, 0.1) is 6.92 Å². The lowest BCUT2D eigenvalue weighted by Gasteiger charge is -2.29. The molecule has 0 atom stereocenters. The van der Waals surface area contributed by atoms with Gasteiger partial charge in [0.05, 0.1) is 0 Å². The summed E-state index contributed by atoms with van der Waals surface area (Å²) < 4.78 is 30.0. The Labute approximate surface area is 156 Å². The van der Waals surface area contributed by atoms with E-state index in [0.29, 0.717) is 26.2 Å². The third-order valence-electron chi connectivity index (χ3n) is 4.91. The second kappa shape index (κ2) is 8.75. The number of nitrogens with zero attached hydrogens (tertiary/aromatic N) is 3. The minimum absolute atomic E-state index is 0.334. The monoisotopic (exact) mass is 373 g/mol. The fourth-order valence-electron chi connectivity index (χ4n) is 3.33. The van der Waals surface area contributed by atoms with E-state index < -0.39 is 10.2 Å². The van der Waals surface area contributed by atoms with Crippen LogP contribution >= 0.6 is 0 Å². The van der Waals surface area contributed by atoms with Crippen molar-refractivity contribution in [2.45, 2.75) is 45.7 Å². The molecule has 0 saturated carbocycles. The Bertz CT molecular complexity index is 801. The molecule has 1 fully saturated rings. The zero-order chi connectivity index (χ0) is 18.4. The van der Waals surface area contributed by atoms with Crippen LogP contribution in [0.3, 0.4) is 0 Å². The molecule has 2 aromatic rings. The number of aromatic nitrogens is 1. The summed E-state index contributed by atoms with van der Waals surface area (Å²) in [6.45, 7) is 3.96. The second-order valence-electron chi connectivity index (χ2n) is 6.88. The zero-order valence-electron chi connectivity index (χ0n) is 15.3. The van der Waals surface area contributed by atoms with Crippen LogP contribution in [0.4, 0.5) is 0 Å². The summed E-state index contributed by atoms with van der Waals surface area (Å²) in [6.07, 6.45) is 7.52. The zero-order valence-corrected chi connectivity index (χ0v) is 16.2. The highest BCUT2D eigenvalue weighted by Crippen LogP contribution is 2.21. The van der Waals surface area contributed by atoms with E-state index in [1.807, 2.05) is 43.3 Å². The van der Waals surface area contributed by atoms with Gasteiger partial charge in [-0.3, -0.25) is 4.98 Å². The first-order chi connectivity index (χ1) is 12.6. The fraction of sp³-hybridized carbons (Fsp3) is 0.450. The van der Waals surface area contributed by atoms with E-state index in [1.165, 1.54) is 0 Å². The minimum Gasteiger partial charge on any atom is -0.264 e. The van der Waals surface area contributed by atoms with Gasteiger partial charge in [0.25, 0.3) is 10.2 Å². The fourth-order valence-corrected chi connectivity index (χ4v) is 4.99. The predicted molar refractivity (Wildman–Crippen MR) is 104 cm³/mol. The molecule has 2 heterocycles. The largest absolute Gasteiger partial charge is 0.282 e. The highest BCUT2D eigenvalue weighted by molar-refractivity contribution is 7.86. The van der Waals surface area contributed by atoms with Crippen LogP contribution in [0.25, 0.3) is 0 Å². The van der Waals surface area contributed by atoms with Gasteiger partial charge < -0.3 is 0 Å². The van der Waals surface area contributed by atoms with Crippen molar-refractivity contribution < 1.29 is 8.42 Å². The molecule has 1 aromatic carbocycles. The van der Waals surface area contributed by atoms with Gasteiger partial charge in [-0.1, -0.05) is 43.2 Å². The van der Waals surface area contributed by atoms with Gasteiger partial charge in [-0.2, -0.15) is 17.0 Å². The van der Waals surface area contributed by atoms with Gasteiger partial charge in [0.2, 0.25) is 0 Å². The molecule has 3 rings (SSSR count). The number of pyridine rings is 1. The highest BCUT2D eigenvalue weighted by Gasteiger charge is 2.30. The van der Waals surface area contributed by atoms with Crippen LogP contribution in [-0.2, 0) is 23.3 Å². The van der Waals surface area contributed by atoms with Gasteiger partial charge >= 0.3 is 0 Å². The first-order valence-corrected chi connectivity index (χ1v) is 10.7. The van der Waals surface area contributed by atoms with Crippen molar-refractivity contribution >= 4 is 10.2 Å². The van der Waals surface area contributed by atoms with Crippen molar-refractivity contribution in [3.8, 4) is 0 Å². The van der Waals surface area contributed by atoms with Crippen molar-refractivity contribution in [1.29, 1.82) is 0 Å². The lowest BCUT2D eigenvalue weighted by molar-refractivity contribution is 0.331. The third-order valence-corrected chi connectivity index (χ3v) is 6.84. The van der Waals surface area contributed by atoms with Crippen LogP contribution in [0.2, 0.25) is 0 Å². The summed E-state index contributed by atoms with van der Waals surface area (Å²) in [4.78, 5) is 4.14. The van der Waals surface area contributed by atoms with Gasteiger partial charge in [-0.05, 0) is 42.5 Å². The minimum atomic E-state index is -3.52. The Kier molecular flexibility index (Phi) is 6.40. The van der Waals surface area contributed by atoms with E-state index in [9.17, 15) is 8.42 Å². The summed E-state index contributed by atoms with van der Waals surface area (Å²) in [6, 6.07) is 11.7. The molecule has 0 radical (unpaired) electrons. The van der Waals surface area contributed by atoms with Crippen LogP contribution in [0.5, 0.6) is 0 Å². The summed E-state index contributed by atoms with van der Waals surface area (Å²) in [5.74, 6) is 0. The van der Waals surface area contributed by atoms with E-state index in [4.69, 9.17) is 0 Å². The molecule has 5 nitrogen and oxygen atoms in total. The molecular formula is C20H27N3O2S. The lowest BCUT2D eigenvalue weighted by Crippen LogP contribution is -2.43. The molecule has 0 spiro atoms. The lowest BCUT2D eigenvalue weighted by atomic mass is 10.1. The molecule has 0 bridgehead atoms. The SMILES string of the molecule is Cc1ccccc1CN(Cc1cccnc1)S(=O)(=O)N1CCCCCC1. The summed E-state index contributed by atoms with van der Waals surface area (Å²) in [7, 11) is -3.52. The molecule has 1 aliphatic rings. The standard InChI is InChI=1S/C20H27N3O2S/c1-18-9-4-5-11-20(18)17-23(16-19-10-8-12-21-15-19)26(24,25)22-13-6-2-3-7-14-22/h4-5,8-12,15H,2-3,6-7,13-14,16-17H2,1H3. The van der Waals surface area contributed by atoms with Crippen LogP contribution in [-0.4, -0.2) is 35.1 Å². The topological polar surface area (TPSA) is 53.5 Å². The van der Waals surface area contributed by atoms with E-state index in [2.05, 4.69) is 4.98 Å². The maximum absolute atomic E-state index is 13.4. The average Bonchev–Trinajstić information content (AvgIpc) is 2.94. The summed E-state index contributed by atoms with van der Waals surface area (Å²) in [5, 5.41) is 0. The molecule has 0 unspecified atom stereocenters. The van der Waals surface area contributed by atoms with E-state index in [-0.39, 0.29) is 0 Å². The average molecular weight is 374 g/mol. The van der Waals surface area contributed by atoms with Gasteiger partial charge in [0.15, 0.2) is 0 Å². The van der Waals surface area contributed by atoms with Crippen LogP contribution in [0.1, 0.15) is 42.4 Å². The smallest absolute Gasteiger partial charge is 0.264 e. The first kappa shape index (κ1) is 19.0. The molecule has 0 amide bonds. The number of rotatable bonds is 6. The highest BCUT2D eigenvalue weighted by atomic mass is 32.2. The summed E-state index contributed by atoms with van der Waals surface area (Å²) in [5.41, 5.74) is 3.05. The quantitative estimate of drug-likeness (QED) is 0.778. The molecule has 0 aliphatic carbocycles. The molecule has 1 aromatic heterocycles. The Hall–Kier alpha value is -1.76. The van der Waals surface area contributed by atoms with Crippen LogP contribution in [0.15, 0.2) is 48.8 Å². The molecule has 6 heteroatoms. The molecule has 1 saturated heterocycles. The summed E-state index contributed by atoms with van der Waals surface area (Å²) >= 11 is 0. The molecular weight excluding hydrogens is 346 g/mol.